The highest BCUT2D eigenvalue weighted by Gasteiger charge is 2.17. The Morgan fingerprint density at radius 2 is 1.73 bits per heavy atom. The van der Waals surface area contributed by atoms with Crippen molar-refractivity contribution in [2.45, 2.75) is 0 Å². The van der Waals surface area contributed by atoms with Gasteiger partial charge >= 0.3 is 5.97 Å². The second-order valence-corrected chi connectivity index (χ2v) is 2.98. The van der Waals surface area contributed by atoms with Gasteiger partial charge in [0.25, 0.3) is 0 Å². The van der Waals surface area contributed by atoms with Crippen LogP contribution in [0.4, 0.5) is 0 Å². The first-order valence-electron chi connectivity index (χ1n) is 4.15. The number of rotatable bonds is 1. The molecule has 0 atom stereocenters. The molecule has 0 spiro atoms. The van der Waals surface area contributed by atoms with Crippen molar-refractivity contribution in [3.05, 3.63) is 30.0 Å². The van der Waals surface area contributed by atoms with Gasteiger partial charge in [-0.1, -0.05) is 18.2 Å². The summed E-state index contributed by atoms with van der Waals surface area (Å²) in [6.07, 6.45) is 0. The van der Waals surface area contributed by atoms with Crippen molar-refractivity contribution in [1.82, 2.24) is 4.98 Å². The van der Waals surface area contributed by atoms with E-state index < -0.39 is 23.3 Å². The van der Waals surface area contributed by atoms with E-state index in [9.17, 15) is 15.0 Å². The summed E-state index contributed by atoms with van der Waals surface area (Å²) in [6, 6.07) is 6.35. The number of carboxylic acid groups (broad SMARTS) is 1. The van der Waals surface area contributed by atoms with Crippen LogP contribution < -0.4 is 0 Å². The van der Waals surface area contributed by atoms with Crippen molar-refractivity contribution in [3.63, 3.8) is 0 Å². The number of fused-ring (bicyclic) bond motifs is 1. The molecule has 1 aromatic heterocycles. The second kappa shape index (κ2) is 3.13. The fourth-order valence-electron chi connectivity index (χ4n) is 1.38. The Labute approximate surface area is 84.2 Å². The number of nitrogens with zero attached hydrogens (tertiary/aromatic N) is 1. The molecule has 15 heavy (non-hydrogen) atoms. The van der Waals surface area contributed by atoms with Crippen LogP contribution in [-0.4, -0.2) is 26.3 Å². The lowest BCUT2D eigenvalue weighted by molar-refractivity contribution is 0.0686. The number of aromatic hydroxyl groups is 2. The minimum Gasteiger partial charge on any atom is -0.505 e. The molecule has 5 heteroatoms. The van der Waals surface area contributed by atoms with Crippen molar-refractivity contribution in [3.8, 4) is 11.6 Å². The topological polar surface area (TPSA) is 90.7 Å². The normalized spacial score (nSPS) is 10.4. The molecule has 0 aliphatic heterocycles. The third-order valence-corrected chi connectivity index (χ3v) is 2.07. The van der Waals surface area contributed by atoms with Gasteiger partial charge in [-0.25, -0.2) is 9.78 Å². The highest BCUT2D eigenvalue weighted by Crippen LogP contribution is 2.32. The van der Waals surface area contributed by atoms with E-state index in [0.717, 1.165) is 0 Å². The number of carboxylic acids is 1. The van der Waals surface area contributed by atoms with E-state index in [1.807, 2.05) is 0 Å². The van der Waals surface area contributed by atoms with E-state index in [4.69, 9.17) is 5.11 Å². The van der Waals surface area contributed by atoms with Gasteiger partial charge in [-0.15, -0.1) is 0 Å². The van der Waals surface area contributed by atoms with E-state index in [1.54, 1.807) is 18.2 Å². The summed E-state index contributed by atoms with van der Waals surface area (Å²) in [5.41, 5.74) is -0.550. The minimum absolute atomic E-state index is 0.266. The first-order valence-corrected chi connectivity index (χ1v) is 4.15. The number of carbonyl (C=O) groups is 1. The summed E-state index contributed by atoms with van der Waals surface area (Å²) >= 11 is 0. The van der Waals surface area contributed by atoms with Gasteiger partial charge in [0.15, 0.2) is 11.4 Å². The summed E-state index contributed by atoms with van der Waals surface area (Å²) in [5.74, 6) is -2.22. The van der Waals surface area contributed by atoms with E-state index in [0.29, 0.717) is 5.39 Å². The van der Waals surface area contributed by atoms with Gasteiger partial charge in [0.1, 0.15) is 0 Å². The van der Waals surface area contributed by atoms with Crippen molar-refractivity contribution in [1.29, 1.82) is 0 Å². The maximum Gasteiger partial charge on any atom is 0.358 e. The van der Waals surface area contributed by atoms with Crippen LogP contribution >= 0.6 is 0 Å². The molecule has 2 aromatic rings. The van der Waals surface area contributed by atoms with Crippen LogP contribution in [0.15, 0.2) is 24.3 Å². The third-order valence-electron chi connectivity index (χ3n) is 2.07. The van der Waals surface area contributed by atoms with Gasteiger partial charge in [-0.3, -0.25) is 0 Å². The quantitative estimate of drug-likeness (QED) is 0.653. The molecular weight excluding hydrogens is 198 g/mol. The number of hydrogen-bond donors (Lipinski definition) is 3. The molecule has 0 saturated carbocycles. The van der Waals surface area contributed by atoms with Crippen LogP contribution in [0.25, 0.3) is 10.8 Å². The molecule has 3 N–H and O–H groups in total. The lowest BCUT2D eigenvalue weighted by atomic mass is 10.1. The Bertz CT molecular complexity index is 550. The van der Waals surface area contributed by atoms with Gasteiger partial charge in [-0.05, 0) is 6.07 Å². The lowest BCUT2D eigenvalue weighted by Gasteiger charge is -2.05. The fourth-order valence-corrected chi connectivity index (χ4v) is 1.38. The number of aromatic nitrogens is 1. The first kappa shape index (κ1) is 9.26. The molecule has 2 rings (SSSR count). The fraction of sp³-hybridized carbons (Fsp3) is 0. The zero-order valence-corrected chi connectivity index (χ0v) is 7.51. The third kappa shape index (κ3) is 1.34. The molecule has 0 fully saturated rings. The van der Waals surface area contributed by atoms with Crippen LogP contribution in [0.1, 0.15) is 10.5 Å². The van der Waals surface area contributed by atoms with Gasteiger partial charge in [0, 0.05) is 10.8 Å². The first-order chi connectivity index (χ1) is 7.11. The van der Waals surface area contributed by atoms with Crippen LogP contribution in [0.5, 0.6) is 11.6 Å². The molecule has 0 aliphatic carbocycles. The maximum atomic E-state index is 10.7. The van der Waals surface area contributed by atoms with Gasteiger partial charge in [0.2, 0.25) is 5.88 Å². The summed E-state index contributed by atoms with van der Waals surface area (Å²) in [4.78, 5) is 14.1. The number of benzene rings is 1. The van der Waals surface area contributed by atoms with Gasteiger partial charge in [0.05, 0.1) is 0 Å². The summed E-state index contributed by atoms with van der Waals surface area (Å²) < 4.78 is 0. The predicted octanol–water partition coefficient (Wildman–Crippen LogP) is 1.34. The molecule has 0 bridgehead atoms. The molecule has 0 radical (unpaired) electrons. The van der Waals surface area contributed by atoms with Crippen LogP contribution in [0, 0.1) is 0 Å². The SMILES string of the molecule is O=C(O)c1nc(O)c2ccccc2c1O. The average molecular weight is 205 g/mol. The molecule has 1 aromatic carbocycles. The zero-order chi connectivity index (χ0) is 11.0. The standard InChI is InChI=1S/C10H7NO4/c12-8-5-3-1-2-4-6(5)9(13)11-7(8)10(14)15/h1-4,12H,(H,11,13)(H,14,15). The molecule has 0 aliphatic rings. The average Bonchev–Trinajstić information content (AvgIpc) is 2.23. The van der Waals surface area contributed by atoms with Crippen molar-refractivity contribution in [2.24, 2.45) is 0 Å². The molecule has 0 amide bonds. The van der Waals surface area contributed by atoms with E-state index in [-0.39, 0.29) is 5.39 Å². The Morgan fingerprint density at radius 3 is 2.33 bits per heavy atom. The van der Waals surface area contributed by atoms with Crippen LogP contribution in [0.3, 0.4) is 0 Å². The predicted molar refractivity (Wildman–Crippen MR) is 52.0 cm³/mol. The van der Waals surface area contributed by atoms with Crippen LogP contribution in [-0.2, 0) is 0 Å². The largest absolute Gasteiger partial charge is 0.505 e. The summed E-state index contributed by atoms with van der Waals surface area (Å²) in [5, 5.41) is 28.3. The second-order valence-electron chi connectivity index (χ2n) is 2.98. The Kier molecular flexibility index (Phi) is 1.93. The number of hydrogen-bond acceptors (Lipinski definition) is 4. The van der Waals surface area contributed by atoms with E-state index in [2.05, 4.69) is 4.98 Å². The smallest absolute Gasteiger partial charge is 0.358 e. The van der Waals surface area contributed by atoms with Crippen molar-refractivity contribution < 1.29 is 20.1 Å². The number of aromatic carboxylic acids is 1. The van der Waals surface area contributed by atoms with E-state index >= 15 is 0 Å². The molecule has 0 unspecified atom stereocenters. The maximum absolute atomic E-state index is 10.7. The minimum atomic E-state index is -1.38. The molecule has 1 heterocycles. The Balaban J connectivity index is 2.90. The van der Waals surface area contributed by atoms with Crippen LogP contribution in [0.2, 0.25) is 0 Å². The highest BCUT2D eigenvalue weighted by atomic mass is 16.4. The molecule has 76 valence electrons. The monoisotopic (exact) mass is 205 g/mol. The lowest BCUT2D eigenvalue weighted by Crippen LogP contribution is -2.01. The molecule has 0 saturated heterocycles. The van der Waals surface area contributed by atoms with Crippen molar-refractivity contribution >= 4 is 16.7 Å². The number of pyridine rings is 1. The van der Waals surface area contributed by atoms with Crippen molar-refractivity contribution in [2.75, 3.05) is 0 Å². The summed E-state index contributed by atoms with van der Waals surface area (Å²) in [7, 11) is 0. The zero-order valence-electron chi connectivity index (χ0n) is 7.51. The molecular formula is C10H7NO4. The Morgan fingerprint density at radius 1 is 1.13 bits per heavy atom. The Hall–Kier alpha value is -2.30. The van der Waals surface area contributed by atoms with Gasteiger partial charge in [-0.2, -0.15) is 0 Å². The summed E-state index contributed by atoms with van der Waals surface area (Å²) in [6.45, 7) is 0. The molecule has 5 nitrogen and oxygen atoms in total. The highest BCUT2D eigenvalue weighted by molar-refractivity contribution is 6.00. The van der Waals surface area contributed by atoms with Gasteiger partial charge < -0.3 is 15.3 Å². The van der Waals surface area contributed by atoms with E-state index in [1.165, 1.54) is 6.07 Å².